The number of aromatic nitrogens is 2. The first kappa shape index (κ1) is 16.9. The van der Waals surface area contributed by atoms with Crippen LogP contribution in [0.15, 0.2) is 11.2 Å². The monoisotopic (exact) mass is 362 g/mol. The van der Waals surface area contributed by atoms with Crippen LogP contribution < -0.4 is 0 Å². The maximum atomic E-state index is 12.7. The molecule has 0 aromatic carbocycles. The lowest BCUT2D eigenvalue weighted by Crippen LogP contribution is -2.38. The van der Waals surface area contributed by atoms with Crippen molar-refractivity contribution in [3.05, 3.63) is 12.0 Å². The van der Waals surface area contributed by atoms with Gasteiger partial charge in [0.05, 0.1) is 5.25 Å². The summed E-state index contributed by atoms with van der Waals surface area (Å²) in [4.78, 5) is 4.10. The molecule has 1 aromatic rings. The van der Waals surface area contributed by atoms with Gasteiger partial charge in [0.1, 0.15) is 5.82 Å². The maximum Gasteiger partial charge on any atom is 0.262 e. The van der Waals surface area contributed by atoms with Gasteiger partial charge < -0.3 is 4.57 Å². The van der Waals surface area contributed by atoms with E-state index in [4.69, 9.17) is 0 Å². The fraction of sp³-hybridized carbons (Fsp3) is 0.769. The largest absolute Gasteiger partial charge is 0.337 e. The summed E-state index contributed by atoms with van der Waals surface area (Å²) in [5.74, 6) is 0.622. The van der Waals surface area contributed by atoms with Crippen LogP contribution >= 0.6 is 0 Å². The number of aryl methyl sites for hydroxylation is 2. The molecule has 0 atom stereocenters. The summed E-state index contributed by atoms with van der Waals surface area (Å²) in [6.45, 7) is 2.82. The Kier molecular flexibility index (Phi) is 4.28. The fourth-order valence-corrected chi connectivity index (χ4v) is 6.09. The quantitative estimate of drug-likeness (QED) is 0.747. The van der Waals surface area contributed by atoms with Crippen molar-refractivity contribution in [2.45, 2.75) is 36.5 Å². The van der Waals surface area contributed by atoms with Gasteiger partial charge in [0.25, 0.3) is 10.0 Å². The Morgan fingerprint density at radius 1 is 1.04 bits per heavy atom. The summed E-state index contributed by atoms with van der Waals surface area (Å²) in [6, 6.07) is 0. The van der Waals surface area contributed by atoms with E-state index in [0.717, 1.165) is 0 Å². The van der Waals surface area contributed by atoms with Crippen LogP contribution in [0.3, 0.4) is 0 Å². The zero-order chi connectivity index (χ0) is 16.8. The Balaban J connectivity index is 1.77. The molecule has 0 bridgehead atoms. The summed E-state index contributed by atoms with van der Waals surface area (Å²) in [7, 11) is -5.19. The smallest absolute Gasteiger partial charge is 0.262 e. The van der Waals surface area contributed by atoms with Crippen molar-refractivity contribution in [1.82, 2.24) is 18.2 Å². The van der Waals surface area contributed by atoms with Gasteiger partial charge in [0.2, 0.25) is 10.0 Å². The lowest BCUT2D eigenvalue weighted by molar-refractivity contribution is 0.403. The Morgan fingerprint density at radius 2 is 1.65 bits per heavy atom. The minimum absolute atomic E-state index is 0.0241. The lowest BCUT2D eigenvalue weighted by Gasteiger charge is -2.20. The van der Waals surface area contributed by atoms with E-state index in [0.29, 0.717) is 38.2 Å². The van der Waals surface area contributed by atoms with E-state index in [1.54, 1.807) is 18.5 Å². The molecule has 1 aliphatic carbocycles. The molecule has 0 radical (unpaired) electrons. The molecule has 10 heteroatoms. The molecular weight excluding hydrogens is 340 g/mol. The highest BCUT2D eigenvalue weighted by Gasteiger charge is 2.41. The Hall–Kier alpha value is -0.970. The first-order valence-electron chi connectivity index (χ1n) is 7.72. The van der Waals surface area contributed by atoms with Gasteiger partial charge in [-0.2, -0.15) is 4.31 Å². The second-order valence-corrected chi connectivity index (χ2v) is 10.2. The topological polar surface area (TPSA) is 92.6 Å². The lowest BCUT2D eigenvalue weighted by atomic mass is 10.4. The molecule has 2 aliphatic rings. The van der Waals surface area contributed by atoms with Gasteiger partial charge in [-0.3, -0.25) is 0 Å². The van der Waals surface area contributed by atoms with Crippen molar-refractivity contribution in [3.8, 4) is 0 Å². The number of rotatable bonds is 4. The number of nitrogens with zero attached hydrogens (tertiary/aromatic N) is 4. The molecule has 0 N–H and O–H groups in total. The van der Waals surface area contributed by atoms with Crippen molar-refractivity contribution in [1.29, 1.82) is 0 Å². The Morgan fingerprint density at radius 3 is 2.22 bits per heavy atom. The third-order valence-corrected chi connectivity index (χ3v) is 8.58. The van der Waals surface area contributed by atoms with Crippen LogP contribution in [0.1, 0.15) is 25.1 Å². The Bertz CT molecular complexity index is 776. The SMILES string of the molecule is Cc1nc(S(=O)(=O)N2CCCN(S(=O)(=O)C3CC3)CC2)cn1C. The van der Waals surface area contributed by atoms with Crippen LogP contribution in [-0.4, -0.2) is 66.4 Å². The van der Waals surface area contributed by atoms with E-state index in [1.165, 1.54) is 14.8 Å². The van der Waals surface area contributed by atoms with Crippen LogP contribution in [0, 0.1) is 6.92 Å². The van der Waals surface area contributed by atoms with Crippen LogP contribution in [0.25, 0.3) is 0 Å². The number of imidazole rings is 1. The molecule has 2 fully saturated rings. The van der Waals surface area contributed by atoms with Gasteiger partial charge >= 0.3 is 0 Å². The molecule has 0 unspecified atom stereocenters. The summed E-state index contributed by atoms with van der Waals surface area (Å²) in [5.41, 5.74) is 0. The van der Waals surface area contributed by atoms with E-state index < -0.39 is 20.0 Å². The summed E-state index contributed by atoms with van der Waals surface area (Å²) in [5, 5.41) is -0.236. The molecule has 2 heterocycles. The standard InChI is InChI=1S/C13H22N4O4S2/c1-11-14-13(10-15(11)2)23(20,21)17-7-3-6-16(8-9-17)22(18,19)12-4-5-12/h10,12H,3-9H2,1-2H3. The molecule has 1 aliphatic heterocycles. The van der Waals surface area contributed by atoms with Crippen molar-refractivity contribution in [3.63, 3.8) is 0 Å². The van der Waals surface area contributed by atoms with Crippen LogP contribution in [0.5, 0.6) is 0 Å². The van der Waals surface area contributed by atoms with E-state index in [9.17, 15) is 16.8 Å². The number of sulfonamides is 2. The third-order valence-electron chi connectivity index (χ3n) is 4.41. The molecule has 23 heavy (non-hydrogen) atoms. The van der Waals surface area contributed by atoms with E-state index in [1.807, 2.05) is 0 Å². The second-order valence-electron chi connectivity index (χ2n) is 6.14. The van der Waals surface area contributed by atoms with Gasteiger partial charge in [-0.1, -0.05) is 0 Å². The molecule has 0 amide bonds. The average Bonchev–Trinajstić information content (AvgIpc) is 3.29. The molecule has 0 spiro atoms. The zero-order valence-corrected chi connectivity index (χ0v) is 15.0. The van der Waals surface area contributed by atoms with Crippen molar-refractivity contribution >= 4 is 20.0 Å². The zero-order valence-electron chi connectivity index (χ0n) is 13.3. The van der Waals surface area contributed by atoms with Crippen molar-refractivity contribution in [2.24, 2.45) is 7.05 Å². The van der Waals surface area contributed by atoms with Gasteiger partial charge in [-0.15, -0.1) is 0 Å². The highest BCUT2D eigenvalue weighted by atomic mass is 32.2. The first-order valence-corrected chi connectivity index (χ1v) is 10.7. The molecule has 130 valence electrons. The normalized spacial score (nSPS) is 22.2. The van der Waals surface area contributed by atoms with Crippen LogP contribution in [0.4, 0.5) is 0 Å². The second kappa shape index (κ2) is 5.83. The molecule has 8 nitrogen and oxygen atoms in total. The molecule has 1 saturated heterocycles. The van der Waals surface area contributed by atoms with Crippen molar-refractivity contribution in [2.75, 3.05) is 26.2 Å². The Labute approximate surface area is 137 Å². The predicted octanol–water partition coefficient (Wildman–Crippen LogP) is -0.0829. The maximum absolute atomic E-state index is 12.7. The van der Waals surface area contributed by atoms with Crippen LogP contribution in [0.2, 0.25) is 0 Å². The highest BCUT2D eigenvalue weighted by molar-refractivity contribution is 7.90. The minimum atomic E-state index is -3.68. The summed E-state index contributed by atoms with van der Waals surface area (Å²) >= 11 is 0. The van der Waals surface area contributed by atoms with E-state index >= 15 is 0 Å². The number of hydrogen-bond donors (Lipinski definition) is 0. The average molecular weight is 362 g/mol. The number of hydrogen-bond acceptors (Lipinski definition) is 5. The molecule has 3 rings (SSSR count). The summed E-state index contributed by atoms with van der Waals surface area (Å²) < 4.78 is 54.5. The van der Waals surface area contributed by atoms with Gasteiger partial charge in [0, 0.05) is 39.4 Å². The first-order chi connectivity index (χ1) is 10.7. The van der Waals surface area contributed by atoms with Gasteiger partial charge in [-0.05, 0) is 26.2 Å². The van der Waals surface area contributed by atoms with Gasteiger partial charge in [0.15, 0.2) is 5.03 Å². The molecule has 1 saturated carbocycles. The predicted molar refractivity (Wildman–Crippen MR) is 84.8 cm³/mol. The van der Waals surface area contributed by atoms with E-state index in [2.05, 4.69) is 4.98 Å². The fourth-order valence-electron chi connectivity index (χ4n) is 2.72. The van der Waals surface area contributed by atoms with Gasteiger partial charge in [-0.25, -0.2) is 26.1 Å². The highest BCUT2D eigenvalue weighted by Crippen LogP contribution is 2.31. The van der Waals surface area contributed by atoms with Crippen LogP contribution in [-0.2, 0) is 27.1 Å². The molecular formula is C13H22N4O4S2. The molecule has 1 aromatic heterocycles. The third kappa shape index (κ3) is 3.17. The minimum Gasteiger partial charge on any atom is -0.337 e. The van der Waals surface area contributed by atoms with E-state index in [-0.39, 0.29) is 23.4 Å². The van der Waals surface area contributed by atoms with Crippen molar-refractivity contribution < 1.29 is 16.8 Å². The summed E-state index contributed by atoms with van der Waals surface area (Å²) in [6.07, 6.45) is 3.42.